The van der Waals surface area contributed by atoms with Crippen LogP contribution in [0.1, 0.15) is 38.7 Å². The van der Waals surface area contributed by atoms with Gasteiger partial charge in [0, 0.05) is 11.3 Å². The maximum atomic E-state index is 10.5. The molecule has 1 N–H and O–H groups in total. The third-order valence-corrected chi connectivity index (χ3v) is 4.60. The van der Waals surface area contributed by atoms with E-state index >= 15 is 0 Å². The molecule has 0 aliphatic heterocycles. The molecule has 1 aliphatic carbocycles. The Kier molecular flexibility index (Phi) is 4.29. The molecule has 0 amide bonds. The van der Waals surface area contributed by atoms with E-state index in [9.17, 15) is 5.11 Å². The highest BCUT2D eigenvalue weighted by molar-refractivity contribution is 5.33. The number of ether oxygens (including phenoxy) is 1. The fourth-order valence-corrected chi connectivity index (χ4v) is 3.18. The lowest BCUT2D eigenvalue weighted by molar-refractivity contribution is 0.0180. The van der Waals surface area contributed by atoms with Gasteiger partial charge in [0.2, 0.25) is 0 Å². The molecule has 0 heterocycles. The number of allylic oxidation sites excluding steroid dienone is 2. The van der Waals surface area contributed by atoms with Gasteiger partial charge in [-0.15, -0.1) is 6.58 Å². The van der Waals surface area contributed by atoms with Gasteiger partial charge in [-0.2, -0.15) is 0 Å². The van der Waals surface area contributed by atoms with Crippen molar-refractivity contribution >= 4 is 0 Å². The summed E-state index contributed by atoms with van der Waals surface area (Å²) in [7, 11) is 1.67. The lowest BCUT2D eigenvalue weighted by atomic mass is 9.64. The Balaban J connectivity index is 2.40. The Labute approximate surface area is 128 Å². The predicted molar refractivity (Wildman–Crippen MR) is 87.6 cm³/mol. The third kappa shape index (κ3) is 3.38. The Morgan fingerprint density at radius 1 is 1.33 bits per heavy atom. The van der Waals surface area contributed by atoms with Crippen molar-refractivity contribution in [2.24, 2.45) is 11.3 Å². The first-order valence-electron chi connectivity index (χ1n) is 7.48. The van der Waals surface area contributed by atoms with Gasteiger partial charge in [-0.05, 0) is 43.9 Å². The minimum absolute atomic E-state index is 0.0215. The van der Waals surface area contributed by atoms with Crippen molar-refractivity contribution in [2.45, 2.75) is 38.7 Å². The van der Waals surface area contributed by atoms with Crippen LogP contribution in [0.15, 0.2) is 49.1 Å². The molecule has 0 bridgehead atoms. The Morgan fingerprint density at radius 3 is 2.43 bits per heavy atom. The lowest BCUT2D eigenvalue weighted by Gasteiger charge is -2.42. The molecule has 21 heavy (non-hydrogen) atoms. The first-order valence-corrected chi connectivity index (χ1v) is 7.48. The monoisotopic (exact) mass is 286 g/mol. The van der Waals surface area contributed by atoms with Crippen molar-refractivity contribution in [1.29, 1.82) is 0 Å². The SMILES string of the molecule is C=C[C@]1(C)C=C[C@H](C(C)(C)O)[C@@H](c2ccc(OC)cc2)C1. The molecule has 0 unspecified atom stereocenters. The van der Waals surface area contributed by atoms with Crippen molar-refractivity contribution in [3.8, 4) is 5.75 Å². The number of benzene rings is 1. The van der Waals surface area contributed by atoms with Crippen LogP contribution in [0.3, 0.4) is 0 Å². The van der Waals surface area contributed by atoms with E-state index in [0.717, 1.165) is 12.2 Å². The summed E-state index contributed by atoms with van der Waals surface area (Å²) in [4.78, 5) is 0. The summed E-state index contributed by atoms with van der Waals surface area (Å²) in [6, 6.07) is 8.18. The number of rotatable bonds is 4. The average molecular weight is 286 g/mol. The summed E-state index contributed by atoms with van der Waals surface area (Å²) >= 11 is 0. The van der Waals surface area contributed by atoms with Crippen LogP contribution in [-0.4, -0.2) is 17.8 Å². The molecule has 0 fully saturated rings. The number of hydrogen-bond donors (Lipinski definition) is 1. The van der Waals surface area contributed by atoms with Gasteiger partial charge in [-0.1, -0.05) is 37.3 Å². The van der Waals surface area contributed by atoms with Crippen molar-refractivity contribution < 1.29 is 9.84 Å². The second-order valence-corrected chi connectivity index (χ2v) is 6.83. The zero-order valence-corrected chi connectivity index (χ0v) is 13.5. The highest BCUT2D eigenvalue weighted by atomic mass is 16.5. The normalized spacial score (nSPS) is 29.2. The van der Waals surface area contributed by atoms with Gasteiger partial charge < -0.3 is 9.84 Å². The Bertz CT molecular complexity index is 521. The Morgan fingerprint density at radius 2 is 1.95 bits per heavy atom. The van der Waals surface area contributed by atoms with Gasteiger partial charge in [0.15, 0.2) is 0 Å². The van der Waals surface area contributed by atoms with E-state index in [4.69, 9.17) is 4.74 Å². The molecular weight excluding hydrogens is 260 g/mol. The lowest BCUT2D eigenvalue weighted by Crippen LogP contribution is -2.38. The molecule has 2 nitrogen and oxygen atoms in total. The quantitative estimate of drug-likeness (QED) is 0.835. The van der Waals surface area contributed by atoms with E-state index in [1.54, 1.807) is 7.11 Å². The van der Waals surface area contributed by atoms with Crippen LogP contribution in [0.25, 0.3) is 0 Å². The molecule has 114 valence electrons. The summed E-state index contributed by atoms with van der Waals surface area (Å²) in [5.41, 5.74) is 0.469. The van der Waals surface area contributed by atoms with Crippen molar-refractivity contribution in [3.05, 3.63) is 54.6 Å². The van der Waals surface area contributed by atoms with Gasteiger partial charge in [-0.25, -0.2) is 0 Å². The van der Waals surface area contributed by atoms with Gasteiger partial charge in [-0.3, -0.25) is 0 Å². The molecule has 1 aliphatic rings. The molecule has 3 atom stereocenters. The Hall–Kier alpha value is -1.54. The third-order valence-electron chi connectivity index (χ3n) is 4.60. The smallest absolute Gasteiger partial charge is 0.118 e. The standard InChI is InChI=1S/C19H26O2/c1-6-19(4)12-11-17(18(2,3)20)16(13-19)14-7-9-15(21-5)10-8-14/h6-12,16-17,20H,1,13H2,2-5H3/t16-,17+,19-/m1/s1. The fraction of sp³-hybridized carbons (Fsp3) is 0.474. The van der Waals surface area contributed by atoms with Gasteiger partial charge in [0.1, 0.15) is 5.75 Å². The maximum absolute atomic E-state index is 10.5. The molecule has 1 aromatic rings. The van der Waals surface area contributed by atoms with Crippen molar-refractivity contribution in [1.82, 2.24) is 0 Å². The van der Waals surface area contributed by atoms with E-state index in [1.165, 1.54) is 5.56 Å². The van der Waals surface area contributed by atoms with Gasteiger partial charge in [0.05, 0.1) is 12.7 Å². The second kappa shape index (κ2) is 5.69. The average Bonchev–Trinajstić information content (AvgIpc) is 2.46. The summed E-state index contributed by atoms with van der Waals surface area (Å²) < 4.78 is 5.23. The number of aliphatic hydroxyl groups is 1. The van der Waals surface area contributed by atoms with E-state index in [2.05, 4.69) is 37.8 Å². The molecule has 1 aromatic carbocycles. The number of methoxy groups -OCH3 is 1. The van der Waals surface area contributed by atoms with E-state index in [1.807, 2.05) is 32.1 Å². The predicted octanol–water partition coefficient (Wildman–Crippen LogP) is 4.32. The van der Waals surface area contributed by atoms with Crippen LogP contribution >= 0.6 is 0 Å². The summed E-state index contributed by atoms with van der Waals surface area (Å²) in [6.07, 6.45) is 7.29. The highest BCUT2D eigenvalue weighted by Gasteiger charge is 2.39. The van der Waals surface area contributed by atoms with Crippen LogP contribution in [0.5, 0.6) is 5.75 Å². The van der Waals surface area contributed by atoms with E-state index in [0.29, 0.717) is 0 Å². The van der Waals surface area contributed by atoms with Gasteiger partial charge in [0.25, 0.3) is 0 Å². The van der Waals surface area contributed by atoms with Crippen LogP contribution in [0, 0.1) is 11.3 Å². The van der Waals surface area contributed by atoms with Gasteiger partial charge >= 0.3 is 0 Å². The van der Waals surface area contributed by atoms with Crippen LogP contribution in [-0.2, 0) is 0 Å². The van der Waals surface area contributed by atoms with Crippen LogP contribution in [0.4, 0.5) is 0 Å². The molecule has 0 saturated carbocycles. The van der Waals surface area contributed by atoms with E-state index < -0.39 is 5.60 Å². The fourth-order valence-electron chi connectivity index (χ4n) is 3.18. The van der Waals surface area contributed by atoms with Crippen molar-refractivity contribution in [3.63, 3.8) is 0 Å². The zero-order chi connectivity index (χ0) is 15.7. The molecule has 0 aromatic heterocycles. The summed E-state index contributed by atoms with van der Waals surface area (Å²) in [6.45, 7) is 9.92. The first kappa shape index (κ1) is 15.8. The molecule has 0 saturated heterocycles. The summed E-state index contributed by atoms with van der Waals surface area (Å²) in [5.74, 6) is 1.22. The van der Waals surface area contributed by atoms with Crippen LogP contribution in [0.2, 0.25) is 0 Å². The largest absolute Gasteiger partial charge is 0.497 e. The van der Waals surface area contributed by atoms with Crippen LogP contribution < -0.4 is 4.74 Å². The molecule has 0 radical (unpaired) electrons. The topological polar surface area (TPSA) is 29.5 Å². The zero-order valence-electron chi connectivity index (χ0n) is 13.5. The van der Waals surface area contributed by atoms with Crippen molar-refractivity contribution in [2.75, 3.05) is 7.11 Å². The first-order chi connectivity index (χ1) is 9.79. The second-order valence-electron chi connectivity index (χ2n) is 6.83. The molecule has 0 spiro atoms. The maximum Gasteiger partial charge on any atom is 0.118 e. The molecular formula is C19H26O2. The highest BCUT2D eigenvalue weighted by Crippen LogP contribution is 2.47. The number of hydrogen-bond acceptors (Lipinski definition) is 2. The minimum atomic E-state index is -0.746. The molecule has 2 heteroatoms. The minimum Gasteiger partial charge on any atom is -0.497 e. The molecule has 2 rings (SSSR count). The van der Waals surface area contributed by atoms with E-state index in [-0.39, 0.29) is 17.3 Å². The summed E-state index contributed by atoms with van der Waals surface area (Å²) in [5, 5.41) is 10.5.